The Morgan fingerprint density at radius 2 is 2.38 bits per heavy atom. The SMILES string of the molecule is CN=C(NCc1cc(C#N)ccc1F)N1CCCC(CC(N)=O)C1. The number of likely N-dealkylation sites (tertiary alicyclic amines) is 1. The van der Waals surface area contributed by atoms with Gasteiger partial charge in [0.1, 0.15) is 5.82 Å². The number of hydrogen-bond donors (Lipinski definition) is 2. The summed E-state index contributed by atoms with van der Waals surface area (Å²) in [5.41, 5.74) is 6.12. The van der Waals surface area contributed by atoms with Gasteiger partial charge >= 0.3 is 0 Å². The van der Waals surface area contributed by atoms with Crippen LogP contribution >= 0.6 is 0 Å². The second-order valence-corrected chi connectivity index (χ2v) is 5.94. The topological polar surface area (TPSA) is 94.5 Å². The number of guanidine groups is 1. The van der Waals surface area contributed by atoms with E-state index in [4.69, 9.17) is 11.0 Å². The van der Waals surface area contributed by atoms with Gasteiger partial charge in [-0.25, -0.2) is 4.39 Å². The molecular formula is C17H22FN5O. The molecule has 1 aromatic rings. The summed E-state index contributed by atoms with van der Waals surface area (Å²) in [7, 11) is 1.67. The maximum absolute atomic E-state index is 13.9. The van der Waals surface area contributed by atoms with E-state index >= 15 is 0 Å². The average molecular weight is 331 g/mol. The van der Waals surface area contributed by atoms with Gasteiger partial charge in [0.2, 0.25) is 5.91 Å². The molecule has 0 saturated carbocycles. The number of aliphatic imine (C=N–C) groups is 1. The highest BCUT2D eigenvalue weighted by Gasteiger charge is 2.23. The van der Waals surface area contributed by atoms with Crippen LogP contribution in [-0.4, -0.2) is 36.9 Å². The zero-order chi connectivity index (χ0) is 17.5. The van der Waals surface area contributed by atoms with Crippen molar-refractivity contribution in [1.29, 1.82) is 5.26 Å². The number of amides is 1. The zero-order valence-corrected chi connectivity index (χ0v) is 13.8. The fourth-order valence-corrected chi connectivity index (χ4v) is 2.99. The molecule has 1 aliphatic rings. The number of nitrogens with two attached hydrogens (primary N) is 1. The predicted octanol–water partition coefficient (Wildman–Crippen LogP) is 1.36. The monoisotopic (exact) mass is 331 g/mol. The van der Waals surface area contributed by atoms with Crippen molar-refractivity contribution in [3.05, 3.63) is 35.1 Å². The Bertz CT molecular complexity index is 667. The van der Waals surface area contributed by atoms with Crippen molar-refractivity contribution in [3.8, 4) is 6.07 Å². The highest BCUT2D eigenvalue weighted by Crippen LogP contribution is 2.19. The summed E-state index contributed by atoms with van der Waals surface area (Å²) >= 11 is 0. The Labute approximate surface area is 141 Å². The lowest BCUT2D eigenvalue weighted by molar-refractivity contribution is -0.119. The van der Waals surface area contributed by atoms with Crippen molar-refractivity contribution in [1.82, 2.24) is 10.2 Å². The number of carbonyl (C=O) groups is 1. The normalized spacial score (nSPS) is 18.1. The molecule has 3 N–H and O–H groups in total. The van der Waals surface area contributed by atoms with E-state index in [0.717, 1.165) is 19.4 Å². The van der Waals surface area contributed by atoms with Gasteiger partial charge in [0.15, 0.2) is 5.96 Å². The Hall–Kier alpha value is -2.62. The highest BCUT2D eigenvalue weighted by atomic mass is 19.1. The molecule has 0 bridgehead atoms. The summed E-state index contributed by atoms with van der Waals surface area (Å²) < 4.78 is 13.9. The third kappa shape index (κ3) is 4.69. The number of nitrogens with one attached hydrogen (secondary N) is 1. The standard InChI is InChI=1S/C17H22FN5O/c1-21-17(23-6-2-3-13(11-23)8-16(20)24)22-10-14-7-12(9-19)4-5-15(14)18/h4-5,7,13H,2-3,6,8,10-11H2,1H3,(H2,20,24)(H,21,22). The summed E-state index contributed by atoms with van der Waals surface area (Å²) in [6, 6.07) is 6.28. The van der Waals surface area contributed by atoms with Crippen molar-refractivity contribution < 1.29 is 9.18 Å². The first-order valence-electron chi connectivity index (χ1n) is 7.96. The number of rotatable bonds is 4. The van der Waals surface area contributed by atoms with E-state index < -0.39 is 0 Å². The van der Waals surface area contributed by atoms with E-state index in [9.17, 15) is 9.18 Å². The molecule has 1 fully saturated rings. The quantitative estimate of drug-likeness (QED) is 0.643. The summed E-state index contributed by atoms with van der Waals surface area (Å²) in [4.78, 5) is 17.4. The lowest BCUT2D eigenvalue weighted by Gasteiger charge is -2.34. The molecule has 1 aromatic carbocycles. The van der Waals surface area contributed by atoms with Gasteiger partial charge in [0.25, 0.3) is 0 Å². The molecule has 1 saturated heterocycles. The van der Waals surface area contributed by atoms with Crippen molar-refractivity contribution >= 4 is 11.9 Å². The number of nitriles is 1. The molecule has 0 aromatic heterocycles. The summed E-state index contributed by atoms with van der Waals surface area (Å²) in [6.07, 6.45) is 2.29. The summed E-state index contributed by atoms with van der Waals surface area (Å²) in [5.74, 6) is 0.224. The first-order chi connectivity index (χ1) is 11.5. The molecule has 128 valence electrons. The van der Waals surface area contributed by atoms with Gasteiger partial charge < -0.3 is 16.0 Å². The van der Waals surface area contributed by atoms with Crippen molar-refractivity contribution in [2.45, 2.75) is 25.8 Å². The van der Waals surface area contributed by atoms with E-state index in [1.54, 1.807) is 7.05 Å². The second kappa shape index (κ2) is 8.29. The Morgan fingerprint density at radius 3 is 3.04 bits per heavy atom. The number of benzene rings is 1. The van der Waals surface area contributed by atoms with Crippen LogP contribution in [0.1, 0.15) is 30.4 Å². The molecule has 6 nitrogen and oxygen atoms in total. The first kappa shape index (κ1) is 17.7. The summed E-state index contributed by atoms with van der Waals surface area (Å²) in [6.45, 7) is 1.77. The molecule has 1 unspecified atom stereocenters. The zero-order valence-electron chi connectivity index (χ0n) is 13.8. The van der Waals surface area contributed by atoms with Crippen LogP contribution in [0.5, 0.6) is 0 Å². The van der Waals surface area contributed by atoms with Gasteiger partial charge in [0, 0.05) is 38.7 Å². The van der Waals surface area contributed by atoms with Gasteiger partial charge in [-0.05, 0) is 37.0 Å². The van der Waals surface area contributed by atoms with E-state index in [-0.39, 0.29) is 24.2 Å². The van der Waals surface area contributed by atoms with E-state index in [1.807, 2.05) is 6.07 Å². The van der Waals surface area contributed by atoms with Gasteiger partial charge in [-0.1, -0.05) is 0 Å². The average Bonchev–Trinajstić information content (AvgIpc) is 2.56. The van der Waals surface area contributed by atoms with Crippen LogP contribution in [0.2, 0.25) is 0 Å². The van der Waals surface area contributed by atoms with Crippen LogP contribution < -0.4 is 11.1 Å². The van der Waals surface area contributed by atoms with Crippen molar-refractivity contribution in [2.75, 3.05) is 20.1 Å². The fourth-order valence-electron chi connectivity index (χ4n) is 2.99. The largest absolute Gasteiger partial charge is 0.370 e. The fraction of sp³-hybridized carbons (Fsp3) is 0.471. The molecular weight excluding hydrogens is 309 g/mol. The Morgan fingerprint density at radius 1 is 1.58 bits per heavy atom. The van der Waals surface area contributed by atoms with E-state index in [0.29, 0.717) is 30.1 Å². The lowest BCUT2D eigenvalue weighted by Crippen LogP contribution is -2.47. The van der Waals surface area contributed by atoms with Gasteiger partial charge in [-0.2, -0.15) is 5.26 Å². The molecule has 7 heteroatoms. The number of piperidine rings is 1. The highest BCUT2D eigenvalue weighted by molar-refractivity contribution is 5.80. The van der Waals surface area contributed by atoms with Crippen LogP contribution in [0.3, 0.4) is 0 Å². The lowest BCUT2D eigenvalue weighted by atomic mass is 9.95. The third-order valence-electron chi connectivity index (χ3n) is 4.13. The minimum absolute atomic E-state index is 0.216. The van der Waals surface area contributed by atoms with E-state index in [2.05, 4.69) is 15.2 Å². The minimum atomic E-state index is -0.359. The number of nitrogens with zero attached hydrogens (tertiary/aromatic N) is 3. The van der Waals surface area contributed by atoms with Gasteiger partial charge in [-0.15, -0.1) is 0 Å². The van der Waals surface area contributed by atoms with Crippen molar-refractivity contribution in [3.63, 3.8) is 0 Å². The van der Waals surface area contributed by atoms with Crippen LogP contribution in [0, 0.1) is 23.1 Å². The Kier molecular flexibility index (Phi) is 6.13. The molecule has 24 heavy (non-hydrogen) atoms. The maximum Gasteiger partial charge on any atom is 0.217 e. The third-order valence-corrected chi connectivity index (χ3v) is 4.13. The number of halogens is 1. The minimum Gasteiger partial charge on any atom is -0.370 e. The maximum atomic E-state index is 13.9. The first-order valence-corrected chi connectivity index (χ1v) is 7.96. The van der Waals surface area contributed by atoms with E-state index in [1.165, 1.54) is 18.2 Å². The molecule has 0 aliphatic carbocycles. The van der Waals surface area contributed by atoms with Gasteiger partial charge in [0.05, 0.1) is 11.6 Å². The Balaban J connectivity index is 2.00. The number of hydrogen-bond acceptors (Lipinski definition) is 3. The van der Waals surface area contributed by atoms with Crippen LogP contribution in [-0.2, 0) is 11.3 Å². The summed E-state index contributed by atoms with van der Waals surface area (Å²) in [5, 5.41) is 12.1. The molecule has 0 radical (unpaired) electrons. The smallest absolute Gasteiger partial charge is 0.217 e. The van der Waals surface area contributed by atoms with Crippen LogP contribution in [0.15, 0.2) is 23.2 Å². The number of carbonyl (C=O) groups excluding carboxylic acids is 1. The van der Waals surface area contributed by atoms with Crippen LogP contribution in [0.25, 0.3) is 0 Å². The predicted molar refractivity (Wildman–Crippen MR) is 89.4 cm³/mol. The molecule has 2 rings (SSSR count). The molecule has 1 amide bonds. The van der Waals surface area contributed by atoms with Gasteiger partial charge in [-0.3, -0.25) is 9.79 Å². The van der Waals surface area contributed by atoms with Crippen LogP contribution in [0.4, 0.5) is 4.39 Å². The number of primary amides is 1. The second-order valence-electron chi connectivity index (χ2n) is 5.94. The molecule has 1 heterocycles. The molecule has 1 atom stereocenters. The molecule has 1 aliphatic heterocycles. The van der Waals surface area contributed by atoms with Crippen molar-refractivity contribution in [2.24, 2.45) is 16.6 Å². The molecule has 0 spiro atoms.